The van der Waals surface area contributed by atoms with Crippen molar-refractivity contribution in [1.29, 1.82) is 0 Å². The van der Waals surface area contributed by atoms with Crippen LogP contribution in [0.25, 0.3) is 0 Å². The van der Waals surface area contributed by atoms with Gasteiger partial charge in [-0.25, -0.2) is 5.43 Å². The quantitative estimate of drug-likeness (QED) is 0.782. The number of fused-ring (bicyclic) bond motifs is 1. The molecule has 2 aliphatic heterocycles. The Morgan fingerprint density at radius 3 is 2.80 bits per heavy atom. The maximum atomic E-state index is 5.44. The SMILES string of the molecule is Cc1ccc(C2NNCC2CNCc2ccc3c(c2)OCO3)cc1C. The molecule has 0 aliphatic carbocycles. The van der Waals surface area contributed by atoms with Crippen LogP contribution in [0, 0.1) is 19.8 Å². The van der Waals surface area contributed by atoms with E-state index in [0.717, 1.165) is 31.1 Å². The third-order valence-corrected chi connectivity index (χ3v) is 5.16. The van der Waals surface area contributed by atoms with Gasteiger partial charge in [0.2, 0.25) is 6.79 Å². The molecule has 1 fully saturated rings. The average molecular weight is 339 g/mol. The molecule has 2 aromatic rings. The summed E-state index contributed by atoms with van der Waals surface area (Å²) in [5.74, 6) is 2.19. The smallest absolute Gasteiger partial charge is 0.231 e. The van der Waals surface area contributed by atoms with Crippen LogP contribution in [0.4, 0.5) is 0 Å². The van der Waals surface area contributed by atoms with Crippen LogP contribution in [0.15, 0.2) is 36.4 Å². The zero-order valence-corrected chi connectivity index (χ0v) is 14.8. The molecule has 1 saturated heterocycles. The molecule has 25 heavy (non-hydrogen) atoms. The van der Waals surface area contributed by atoms with E-state index < -0.39 is 0 Å². The van der Waals surface area contributed by atoms with Gasteiger partial charge in [0, 0.05) is 25.6 Å². The van der Waals surface area contributed by atoms with Crippen LogP contribution in [-0.4, -0.2) is 19.9 Å². The van der Waals surface area contributed by atoms with E-state index in [9.17, 15) is 0 Å². The zero-order chi connectivity index (χ0) is 17.2. The number of aryl methyl sites for hydroxylation is 2. The van der Waals surface area contributed by atoms with Crippen molar-refractivity contribution in [2.24, 2.45) is 5.92 Å². The lowest BCUT2D eigenvalue weighted by Gasteiger charge is -2.20. The molecule has 2 atom stereocenters. The van der Waals surface area contributed by atoms with Crippen molar-refractivity contribution < 1.29 is 9.47 Å². The molecule has 2 unspecified atom stereocenters. The van der Waals surface area contributed by atoms with Crippen molar-refractivity contribution in [3.05, 3.63) is 58.7 Å². The normalized spacial score (nSPS) is 21.7. The molecular weight excluding hydrogens is 314 g/mol. The van der Waals surface area contributed by atoms with Gasteiger partial charge in [-0.15, -0.1) is 0 Å². The number of hydrazine groups is 1. The molecule has 3 N–H and O–H groups in total. The van der Waals surface area contributed by atoms with Crippen LogP contribution >= 0.6 is 0 Å². The molecule has 0 bridgehead atoms. The van der Waals surface area contributed by atoms with Crippen LogP contribution in [0.5, 0.6) is 11.5 Å². The lowest BCUT2D eigenvalue weighted by Crippen LogP contribution is -2.28. The van der Waals surface area contributed by atoms with E-state index in [4.69, 9.17) is 9.47 Å². The fourth-order valence-electron chi connectivity index (χ4n) is 3.49. The standard InChI is InChI=1S/C20H25N3O2/c1-13-3-5-16(7-14(13)2)20-17(11-22-23-20)10-21-9-15-4-6-18-19(8-15)25-12-24-18/h3-8,17,20-23H,9-12H2,1-2H3. The summed E-state index contributed by atoms with van der Waals surface area (Å²) in [6.45, 7) is 7.39. The van der Waals surface area contributed by atoms with E-state index in [0.29, 0.717) is 18.8 Å². The van der Waals surface area contributed by atoms with Crippen LogP contribution in [0.2, 0.25) is 0 Å². The Morgan fingerprint density at radius 1 is 1.04 bits per heavy atom. The van der Waals surface area contributed by atoms with Crippen LogP contribution in [0.1, 0.15) is 28.3 Å². The van der Waals surface area contributed by atoms with Gasteiger partial charge in [0.15, 0.2) is 11.5 Å². The first-order chi connectivity index (χ1) is 12.2. The molecule has 132 valence electrons. The summed E-state index contributed by atoms with van der Waals surface area (Å²) in [5, 5.41) is 3.58. The first kappa shape index (κ1) is 16.4. The fraction of sp³-hybridized carbons (Fsp3) is 0.400. The minimum Gasteiger partial charge on any atom is -0.454 e. The van der Waals surface area contributed by atoms with Gasteiger partial charge < -0.3 is 14.8 Å². The minimum absolute atomic E-state index is 0.323. The van der Waals surface area contributed by atoms with Crippen molar-refractivity contribution in [3.8, 4) is 11.5 Å². The Labute approximate surface area is 148 Å². The topological polar surface area (TPSA) is 54.5 Å². The van der Waals surface area contributed by atoms with E-state index >= 15 is 0 Å². The van der Waals surface area contributed by atoms with E-state index in [1.54, 1.807) is 0 Å². The van der Waals surface area contributed by atoms with E-state index in [1.807, 2.05) is 6.07 Å². The molecule has 0 spiro atoms. The number of hydrogen-bond acceptors (Lipinski definition) is 5. The average Bonchev–Trinajstić information content (AvgIpc) is 3.26. The molecular formula is C20H25N3O2. The molecule has 5 nitrogen and oxygen atoms in total. The van der Waals surface area contributed by atoms with Crippen molar-refractivity contribution >= 4 is 0 Å². The summed E-state index contributed by atoms with van der Waals surface area (Å²) in [6, 6.07) is 13.2. The fourth-order valence-corrected chi connectivity index (χ4v) is 3.49. The summed E-state index contributed by atoms with van der Waals surface area (Å²) in [5.41, 5.74) is 12.0. The lowest BCUT2D eigenvalue weighted by molar-refractivity contribution is 0.174. The van der Waals surface area contributed by atoms with Gasteiger partial charge in [-0.05, 0) is 48.2 Å². The van der Waals surface area contributed by atoms with Crippen molar-refractivity contribution in [2.75, 3.05) is 19.9 Å². The Bertz CT molecular complexity index is 763. The highest BCUT2D eigenvalue weighted by Gasteiger charge is 2.28. The number of nitrogens with one attached hydrogen (secondary N) is 3. The highest BCUT2D eigenvalue weighted by atomic mass is 16.7. The molecule has 4 rings (SSSR count). The van der Waals surface area contributed by atoms with Crippen LogP contribution < -0.4 is 25.6 Å². The summed E-state index contributed by atoms with van der Waals surface area (Å²) >= 11 is 0. The second-order valence-electron chi connectivity index (χ2n) is 6.93. The Morgan fingerprint density at radius 2 is 1.92 bits per heavy atom. The van der Waals surface area contributed by atoms with Gasteiger partial charge in [-0.3, -0.25) is 5.43 Å². The molecule has 5 heteroatoms. The molecule has 0 amide bonds. The monoisotopic (exact) mass is 339 g/mol. The Hall–Kier alpha value is -2.08. The number of hydrogen-bond donors (Lipinski definition) is 3. The van der Waals surface area contributed by atoms with Crippen molar-refractivity contribution in [1.82, 2.24) is 16.2 Å². The largest absolute Gasteiger partial charge is 0.454 e. The van der Waals surface area contributed by atoms with Crippen molar-refractivity contribution in [3.63, 3.8) is 0 Å². The maximum absolute atomic E-state index is 5.44. The highest BCUT2D eigenvalue weighted by molar-refractivity contribution is 5.44. The second-order valence-corrected chi connectivity index (χ2v) is 6.93. The highest BCUT2D eigenvalue weighted by Crippen LogP contribution is 2.32. The molecule has 2 heterocycles. The molecule has 0 radical (unpaired) electrons. The van der Waals surface area contributed by atoms with Gasteiger partial charge in [0.05, 0.1) is 6.04 Å². The number of rotatable bonds is 5. The predicted octanol–water partition coefficient (Wildman–Crippen LogP) is 2.59. The van der Waals surface area contributed by atoms with Crippen LogP contribution in [-0.2, 0) is 6.54 Å². The first-order valence-electron chi connectivity index (χ1n) is 8.85. The van der Waals surface area contributed by atoms with E-state index in [2.05, 4.69) is 60.3 Å². The molecule has 2 aromatic carbocycles. The van der Waals surface area contributed by atoms with Gasteiger partial charge in [-0.1, -0.05) is 24.3 Å². The van der Waals surface area contributed by atoms with Gasteiger partial charge in [-0.2, -0.15) is 0 Å². The van der Waals surface area contributed by atoms with E-state index in [-0.39, 0.29) is 0 Å². The van der Waals surface area contributed by atoms with Crippen LogP contribution in [0.3, 0.4) is 0 Å². The van der Waals surface area contributed by atoms with E-state index in [1.165, 1.54) is 22.3 Å². The predicted molar refractivity (Wildman–Crippen MR) is 97.6 cm³/mol. The number of benzene rings is 2. The Balaban J connectivity index is 1.36. The first-order valence-corrected chi connectivity index (χ1v) is 8.85. The molecule has 2 aliphatic rings. The van der Waals surface area contributed by atoms with Gasteiger partial charge in [0.1, 0.15) is 0 Å². The summed E-state index contributed by atoms with van der Waals surface area (Å²) < 4.78 is 10.8. The second kappa shape index (κ2) is 7.04. The summed E-state index contributed by atoms with van der Waals surface area (Å²) in [4.78, 5) is 0. The number of ether oxygens (including phenoxy) is 2. The maximum Gasteiger partial charge on any atom is 0.231 e. The Kier molecular flexibility index (Phi) is 4.61. The third-order valence-electron chi connectivity index (χ3n) is 5.16. The van der Waals surface area contributed by atoms with Crippen molar-refractivity contribution in [2.45, 2.75) is 26.4 Å². The molecule has 0 saturated carbocycles. The minimum atomic E-state index is 0.323. The molecule has 0 aromatic heterocycles. The summed E-state index contributed by atoms with van der Waals surface area (Å²) in [6.07, 6.45) is 0. The third kappa shape index (κ3) is 3.49. The van der Waals surface area contributed by atoms with Gasteiger partial charge in [0.25, 0.3) is 0 Å². The lowest BCUT2D eigenvalue weighted by atomic mass is 9.92. The van der Waals surface area contributed by atoms with Gasteiger partial charge >= 0.3 is 0 Å². The zero-order valence-electron chi connectivity index (χ0n) is 14.8. The summed E-state index contributed by atoms with van der Waals surface area (Å²) in [7, 11) is 0.